The summed E-state index contributed by atoms with van der Waals surface area (Å²) in [4.78, 5) is 24.5. The summed E-state index contributed by atoms with van der Waals surface area (Å²) >= 11 is 6.09. The van der Waals surface area contributed by atoms with Gasteiger partial charge in [0, 0.05) is 49.8 Å². The van der Waals surface area contributed by atoms with E-state index < -0.39 is 14.9 Å². The van der Waals surface area contributed by atoms with Gasteiger partial charge in [0.25, 0.3) is 5.69 Å². The number of rotatable bonds is 6. The maximum atomic E-state index is 12.6. The van der Waals surface area contributed by atoms with Crippen LogP contribution in [0, 0.1) is 16.0 Å². The predicted molar refractivity (Wildman–Crippen MR) is 98.3 cm³/mol. The van der Waals surface area contributed by atoms with E-state index in [2.05, 4.69) is 0 Å². The highest BCUT2D eigenvalue weighted by Gasteiger charge is 2.31. The van der Waals surface area contributed by atoms with Crippen molar-refractivity contribution in [2.24, 2.45) is 5.92 Å². The minimum atomic E-state index is -3.23. The van der Waals surface area contributed by atoms with Crippen LogP contribution < -0.4 is 0 Å². The zero-order chi connectivity index (χ0) is 19.5. The smallest absolute Gasteiger partial charge is 0.269 e. The monoisotopic (exact) mass is 403 g/mol. The molecule has 26 heavy (non-hydrogen) atoms. The first-order valence-corrected chi connectivity index (χ1v) is 10.3. The highest BCUT2D eigenvalue weighted by Crippen LogP contribution is 2.25. The maximum Gasteiger partial charge on any atom is 0.269 e. The molecule has 8 nitrogen and oxygen atoms in total. The molecule has 1 aromatic rings. The fourth-order valence-electron chi connectivity index (χ4n) is 3.00. The third kappa shape index (κ3) is 4.72. The normalized spacial score (nSPS) is 16.4. The molecule has 144 valence electrons. The van der Waals surface area contributed by atoms with Crippen LogP contribution in [0.15, 0.2) is 18.2 Å². The van der Waals surface area contributed by atoms with E-state index in [1.54, 1.807) is 14.0 Å². The predicted octanol–water partition coefficient (Wildman–Crippen LogP) is 2.27. The molecular weight excluding hydrogens is 382 g/mol. The maximum absolute atomic E-state index is 12.6. The van der Waals surface area contributed by atoms with Crippen molar-refractivity contribution in [1.82, 2.24) is 9.21 Å². The molecule has 0 atom stereocenters. The standard InChI is InChI=1S/C16H22ClN3O5S/c1-3-26(24,25)19-8-6-12(7-9-19)16(21)18(2)11-13-10-14(20(22)23)4-5-15(13)17/h4-5,10,12H,3,6-9,11H2,1-2H3. The zero-order valence-corrected chi connectivity index (χ0v) is 16.3. The molecule has 1 aliphatic heterocycles. The number of amides is 1. The van der Waals surface area contributed by atoms with Gasteiger partial charge >= 0.3 is 0 Å². The summed E-state index contributed by atoms with van der Waals surface area (Å²) in [7, 11) is -1.61. The molecule has 0 radical (unpaired) electrons. The number of nitro groups is 1. The molecule has 0 N–H and O–H groups in total. The number of sulfonamides is 1. The molecule has 1 aliphatic rings. The van der Waals surface area contributed by atoms with Crippen LogP contribution in [0.1, 0.15) is 25.3 Å². The van der Waals surface area contributed by atoms with Crippen molar-refractivity contribution in [3.63, 3.8) is 0 Å². The number of benzene rings is 1. The second kappa shape index (κ2) is 8.32. The Bertz CT molecular complexity index is 791. The van der Waals surface area contributed by atoms with Crippen molar-refractivity contribution in [2.45, 2.75) is 26.3 Å². The number of non-ortho nitro benzene ring substituents is 1. The number of hydrogen-bond acceptors (Lipinski definition) is 5. The Labute approximate surface area is 157 Å². The first kappa shape index (κ1) is 20.6. The largest absolute Gasteiger partial charge is 0.341 e. The van der Waals surface area contributed by atoms with Crippen LogP contribution in [0.4, 0.5) is 5.69 Å². The number of piperidine rings is 1. The molecule has 1 saturated heterocycles. The number of hydrogen-bond donors (Lipinski definition) is 0. The summed E-state index contributed by atoms with van der Waals surface area (Å²) in [6.07, 6.45) is 0.927. The fourth-order valence-corrected chi connectivity index (χ4v) is 4.31. The van der Waals surface area contributed by atoms with Crippen LogP contribution in [-0.2, 0) is 21.4 Å². The number of halogens is 1. The van der Waals surface area contributed by atoms with E-state index in [-0.39, 0.29) is 29.8 Å². The van der Waals surface area contributed by atoms with Crippen molar-refractivity contribution >= 4 is 33.2 Å². The van der Waals surface area contributed by atoms with Crippen molar-refractivity contribution in [1.29, 1.82) is 0 Å². The van der Waals surface area contributed by atoms with E-state index in [1.165, 1.54) is 27.4 Å². The lowest BCUT2D eigenvalue weighted by molar-refractivity contribution is -0.384. The Morgan fingerprint density at radius 3 is 2.54 bits per heavy atom. The number of carbonyl (C=O) groups excluding carboxylic acids is 1. The van der Waals surface area contributed by atoms with Crippen LogP contribution in [0.25, 0.3) is 0 Å². The Balaban J connectivity index is 2.01. The van der Waals surface area contributed by atoms with Crippen molar-refractivity contribution in [2.75, 3.05) is 25.9 Å². The SMILES string of the molecule is CCS(=O)(=O)N1CCC(C(=O)N(C)Cc2cc([N+](=O)[O-])ccc2Cl)CC1. The lowest BCUT2D eigenvalue weighted by atomic mass is 9.96. The molecule has 1 aromatic carbocycles. The van der Waals surface area contributed by atoms with Gasteiger partial charge in [-0.3, -0.25) is 14.9 Å². The van der Waals surface area contributed by atoms with Gasteiger partial charge in [-0.2, -0.15) is 0 Å². The molecule has 2 rings (SSSR count). The summed E-state index contributed by atoms with van der Waals surface area (Å²) in [6, 6.07) is 4.13. The van der Waals surface area contributed by atoms with Gasteiger partial charge < -0.3 is 4.90 Å². The van der Waals surface area contributed by atoms with Gasteiger partial charge in [0.1, 0.15) is 0 Å². The fraction of sp³-hybridized carbons (Fsp3) is 0.562. The van der Waals surface area contributed by atoms with Crippen LogP contribution in [-0.4, -0.2) is 54.3 Å². The lowest BCUT2D eigenvalue weighted by Gasteiger charge is -2.32. The Morgan fingerprint density at radius 1 is 1.38 bits per heavy atom. The van der Waals surface area contributed by atoms with Crippen LogP contribution >= 0.6 is 11.6 Å². The van der Waals surface area contributed by atoms with E-state index in [0.29, 0.717) is 36.5 Å². The van der Waals surface area contributed by atoms with Gasteiger partial charge in [-0.25, -0.2) is 12.7 Å². The molecule has 10 heteroatoms. The first-order valence-electron chi connectivity index (χ1n) is 8.31. The van der Waals surface area contributed by atoms with E-state index in [9.17, 15) is 23.3 Å². The van der Waals surface area contributed by atoms with E-state index in [4.69, 9.17) is 11.6 Å². The average Bonchev–Trinajstić information content (AvgIpc) is 2.62. The van der Waals surface area contributed by atoms with E-state index in [1.807, 2.05) is 0 Å². The second-order valence-corrected chi connectivity index (χ2v) is 8.97. The highest BCUT2D eigenvalue weighted by atomic mass is 35.5. The molecule has 0 aliphatic carbocycles. The highest BCUT2D eigenvalue weighted by molar-refractivity contribution is 7.89. The second-order valence-electron chi connectivity index (χ2n) is 6.30. The van der Waals surface area contributed by atoms with Gasteiger partial charge in [-0.1, -0.05) is 11.6 Å². The number of nitrogens with zero attached hydrogens (tertiary/aromatic N) is 3. The van der Waals surface area contributed by atoms with Gasteiger partial charge in [-0.15, -0.1) is 0 Å². The van der Waals surface area contributed by atoms with Crippen LogP contribution in [0.2, 0.25) is 5.02 Å². The number of carbonyl (C=O) groups is 1. The van der Waals surface area contributed by atoms with Gasteiger partial charge in [0.15, 0.2) is 0 Å². The summed E-state index contributed by atoms with van der Waals surface area (Å²) in [5.74, 6) is -0.321. The molecule has 1 fully saturated rings. The average molecular weight is 404 g/mol. The minimum absolute atomic E-state index is 0.0524. The first-order chi connectivity index (χ1) is 12.2. The summed E-state index contributed by atoms with van der Waals surface area (Å²) in [6.45, 7) is 2.42. The minimum Gasteiger partial charge on any atom is -0.341 e. The zero-order valence-electron chi connectivity index (χ0n) is 14.7. The van der Waals surface area contributed by atoms with Crippen molar-refractivity contribution in [3.8, 4) is 0 Å². The van der Waals surface area contributed by atoms with Crippen molar-refractivity contribution < 1.29 is 18.1 Å². The van der Waals surface area contributed by atoms with Crippen LogP contribution in [0.3, 0.4) is 0 Å². The molecule has 1 amide bonds. The third-order valence-electron chi connectivity index (χ3n) is 4.59. The summed E-state index contributed by atoms with van der Waals surface area (Å²) in [5.41, 5.74) is 0.422. The third-order valence-corrected chi connectivity index (χ3v) is 6.84. The molecule has 0 spiro atoms. The molecule has 0 aromatic heterocycles. The molecule has 1 heterocycles. The van der Waals surface area contributed by atoms with Gasteiger partial charge in [0.05, 0.1) is 10.7 Å². The van der Waals surface area contributed by atoms with E-state index >= 15 is 0 Å². The molecule has 0 bridgehead atoms. The molecule has 0 unspecified atom stereocenters. The van der Waals surface area contributed by atoms with Crippen molar-refractivity contribution in [3.05, 3.63) is 38.9 Å². The Kier molecular flexibility index (Phi) is 6.59. The van der Waals surface area contributed by atoms with Gasteiger partial charge in [-0.05, 0) is 31.4 Å². The molecular formula is C16H22ClN3O5S. The molecule has 0 saturated carbocycles. The summed E-state index contributed by atoms with van der Waals surface area (Å²) in [5, 5.41) is 11.3. The quantitative estimate of drug-likeness (QED) is 0.535. The Hall–Kier alpha value is -1.71. The van der Waals surface area contributed by atoms with E-state index in [0.717, 1.165) is 0 Å². The van der Waals surface area contributed by atoms with Crippen LogP contribution in [0.5, 0.6) is 0 Å². The topological polar surface area (TPSA) is 101 Å². The lowest BCUT2D eigenvalue weighted by Crippen LogP contribution is -2.43. The van der Waals surface area contributed by atoms with Gasteiger partial charge in [0.2, 0.25) is 15.9 Å². The summed E-state index contributed by atoms with van der Waals surface area (Å²) < 4.78 is 25.2. The Morgan fingerprint density at radius 2 is 2.00 bits per heavy atom. The number of nitro benzene ring substituents is 1.